The van der Waals surface area contributed by atoms with E-state index in [0.29, 0.717) is 49.7 Å². The molecule has 1 aromatic rings. The Kier molecular flexibility index (Phi) is 6.28. The molecule has 7 nitrogen and oxygen atoms in total. The zero-order valence-corrected chi connectivity index (χ0v) is 14.3. The summed E-state index contributed by atoms with van der Waals surface area (Å²) in [5.74, 6) is 0.994. The zero-order chi connectivity index (χ0) is 17.5. The van der Waals surface area contributed by atoms with Crippen LogP contribution in [0.1, 0.15) is 19.8 Å². The minimum Gasteiger partial charge on any atom is -0.497 e. The second kappa shape index (κ2) is 8.42. The van der Waals surface area contributed by atoms with Crippen molar-refractivity contribution in [3.8, 4) is 11.5 Å². The van der Waals surface area contributed by atoms with Gasteiger partial charge in [0.05, 0.1) is 26.5 Å². The van der Waals surface area contributed by atoms with Crippen molar-refractivity contribution < 1.29 is 23.8 Å². The summed E-state index contributed by atoms with van der Waals surface area (Å²) in [7, 11) is 3.12. The summed E-state index contributed by atoms with van der Waals surface area (Å²) < 4.78 is 15.4. The molecule has 0 radical (unpaired) electrons. The highest BCUT2D eigenvalue weighted by Gasteiger charge is 2.28. The summed E-state index contributed by atoms with van der Waals surface area (Å²) in [5.41, 5.74) is 0.578. The van der Waals surface area contributed by atoms with Crippen molar-refractivity contribution in [2.45, 2.75) is 19.8 Å². The van der Waals surface area contributed by atoms with Crippen LogP contribution in [0.25, 0.3) is 0 Å². The fourth-order valence-electron chi connectivity index (χ4n) is 2.69. The average Bonchev–Trinajstić information content (AvgIpc) is 2.62. The molecule has 0 saturated carbocycles. The van der Waals surface area contributed by atoms with Gasteiger partial charge in [-0.2, -0.15) is 0 Å². The van der Waals surface area contributed by atoms with Crippen LogP contribution in [0, 0.1) is 5.92 Å². The van der Waals surface area contributed by atoms with Crippen LogP contribution in [0.15, 0.2) is 18.2 Å². The lowest BCUT2D eigenvalue weighted by molar-refractivity contribution is -0.121. The van der Waals surface area contributed by atoms with Gasteiger partial charge in [-0.1, -0.05) is 0 Å². The third-order valence-corrected chi connectivity index (χ3v) is 4.06. The first kappa shape index (κ1) is 17.9. The van der Waals surface area contributed by atoms with Gasteiger partial charge in [0.15, 0.2) is 0 Å². The van der Waals surface area contributed by atoms with Gasteiger partial charge in [0.2, 0.25) is 5.91 Å². The summed E-state index contributed by atoms with van der Waals surface area (Å²) in [6, 6.07) is 5.24. The highest BCUT2D eigenvalue weighted by atomic mass is 16.6. The van der Waals surface area contributed by atoms with Crippen molar-refractivity contribution in [2.24, 2.45) is 5.92 Å². The summed E-state index contributed by atoms with van der Waals surface area (Å²) >= 11 is 0. The highest BCUT2D eigenvalue weighted by molar-refractivity contribution is 5.94. The largest absolute Gasteiger partial charge is 0.497 e. The molecule has 1 fully saturated rings. The van der Waals surface area contributed by atoms with Gasteiger partial charge in [0, 0.05) is 25.1 Å². The SMILES string of the molecule is CCOC(=O)N1CCC(C(=O)Nc2cc(OC)ccc2OC)CC1. The molecule has 0 spiro atoms. The number of carbonyl (C=O) groups excluding carboxylic acids is 2. The molecule has 1 aromatic carbocycles. The lowest BCUT2D eigenvalue weighted by Crippen LogP contribution is -2.41. The van der Waals surface area contributed by atoms with Crippen LogP contribution in [0.3, 0.4) is 0 Å². The third-order valence-electron chi connectivity index (χ3n) is 4.06. The van der Waals surface area contributed by atoms with Crippen LogP contribution in [0.4, 0.5) is 10.5 Å². The van der Waals surface area contributed by atoms with Crippen LogP contribution in [0.5, 0.6) is 11.5 Å². The van der Waals surface area contributed by atoms with E-state index >= 15 is 0 Å². The van der Waals surface area contributed by atoms with Crippen molar-refractivity contribution in [1.29, 1.82) is 0 Å². The summed E-state index contributed by atoms with van der Waals surface area (Å²) in [4.78, 5) is 25.8. The Bertz CT molecular complexity index is 582. The maximum atomic E-state index is 12.5. The molecule has 132 valence electrons. The second-order valence-electron chi connectivity index (χ2n) is 5.52. The van der Waals surface area contributed by atoms with E-state index in [9.17, 15) is 9.59 Å². The van der Waals surface area contributed by atoms with E-state index in [-0.39, 0.29) is 17.9 Å². The standard InChI is InChI=1S/C17H24N2O5/c1-4-24-17(21)19-9-7-12(8-10-19)16(20)18-14-11-13(22-2)5-6-15(14)23-3/h5-6,11-12H,4,7-10H2,1-3H3,(H,18,20). The Labute approximate surface area is 141 Å². The Morgan fingerprint density at radius 1 is 1.21 bits per heavy atom. The van der Waals surface area contributed by atoms with Gasteiger partial charge >= 0.3 is 6.09 Å². The van der Waals surface area contributed by atoms with Crippen molar-refractivity contribution >= 4 is 17.7 Å². The highest BCUT2D eigenvalue weighted by Crippen LogP contribution is 2.30. The quantitative estimate of drug-likeness (QED) is 0.894. The number of hydrogen-bond acceptors (Lipinski definition) is 5. The second-order valence-corrected chi connectivity index (χ2v) is 5.52. The number of likely N-dealkylation sites (tertiary alicyclic amines) is 1. The van der Waals surface area contributed by atoms with Crippen molar-refractivity contribution in [3.05, 3.63) is 18.2 Å². The summed E-state index contributed by atoms with van der Waals surface area (Å²) in [6.45, 7) is 3.17. The van der Waals surface area contributed by atoms with Crippen molar-refractivity contribution in [3.63, 3.8) is 0 Å². The number of anilines is 1. The molecule has 1 N–H and O–H groups in total. The van der Waals surface area contributed by atoms with Crippen LogP contribution >= 0.6 is 0 Å². The van der Waals surface area contributed by atoms with Crippen LogP contribution in [-0.2, 0) is 9.53 Å². The van der Waals surface area contributed by atoms with Gasteiger partial charge in [-0.25, -0.2) is 4.79 Å². The van der Waals surface area contributed by atoms with E-state index in [1.54, 1.807) is 44.2 Å². The molecule has 2 rings (SSSR count). The van der Waals surface area contributed by atoms with E-state index in [1.807, 2.05) is 0 Å². The topological polar surface area (TPSA) is 77.1 Å². The zero-order valence-electron chi connectivity index (χ0n) is 14.3. The summed E-state index contributed by atoms with van der Waals surface area (Å²) in [5, 5.41) is 2.90. The van der Waals surface area contributed by atoms with E-state index in [2.05, 4.69) is 5.32 Å². The van der Waals surface area contributed by atoms with E-state index in [1.165, 1.54) is 0 Å². The number of piperidine rings is 1. The Balaban J connectivity index is 1.95. The van der Waals surface area contributed by atoms with Gasteiger partial charge in [-0.15, -0.1) is 0 Å². The molecule has 0 bridgehead atoms. The molecule has 0 atom stereocenters. The molecule has 2 amide bonds. The molecule has 1 aliphatic heterocycles. The maximum absolute atomic E-state index is 12.5. The third kappa shape index (κ3) is 4.31. The number of hydrogen-bond donors (Lipinski definition) is 1. The van der Waals surface area contributed by atoms with E-state index < -0.39 is 0 Å². The number of amides is 2. The fourth-order valence-corrected chi connectivity index (χ4v) is 2.69. The number of carbonyl (C=O) groups is 2. The molecular weight excluding hydrogens is 312 g/mol. The minimum atomic E-state index is -0.314. The number of benzene rings is 1. The first-order valence-corrected chi connectivity index (χ1v) is 8.03. The van der Waals surface area contributed by atoms with Crippen LogP contribution in [-0.4, -0.2) is 50.8 Å². The average molecular weight is 336 g/mol. The van der Waals surface area contributed by atoms with Crippen LogP contribution in [0.2, 0.25) is 0 Å². The van der Waals surface area contributed by atoms with Crippen LogP contribution < -0.4 is 14.8 Å². The molecule has 1 heterocycles. The Hall–Kier alpha value is -2.44. The lowest BCUT2D eigenvalue weighted by Gasteiger charge is -2.30. The van der Waals surface area contributed by atoms with Gasteiger partial charge in [0.25, 0.3) is 0 Å². The van der Waals surface area contributed by atoms with Crippen molar-refractivity contribution in [2.75, 3.05) is 39.2 Å². The predicted molar refractivity (Wildman–Crippen MR) is 89.5 cm³/mol. The first-order valence-electron chi connectivity index (χ1n) is 8.03. The molecule has 0 aromatic heterocycles. The smallest absolute Gasteiger partial charge is 0.409 e. The van der Waals surface area contributed by atoms with Gasteiger partial charge in [-0.05, 0) is 31.9 Å². The van der Waals surface area contributed by atoms with E-state index in [4.69, 9.17) is 14.2 Å². The number of nitrogens with one attached hydrogen (secondary N) is 1. The Morgan fingerprint density at radius 2 is 1.92 bits per heavy atom. The fraction of sp³-hybridized carbons (Fsp3) is 0.529. The monoisotopic (exact) mass is 336 g/mol. The number of nitrogens with zero attached hydrogens (tertiary/aromatic N) is 1. The van der Waals surface area contributed by atoms with Crippen molar-refractivity contribution in [1.82, 2.24) is 4.90 Å². The lowest BCUT2D eigenvalue weighted by atomic mass is 9.96. The number of rotatable bonds is 5. The molecule has 1 aliphatic rings. The normalized spacial score (nSPS) is 14.9. The minimum absolute atomic E-state index is 0.0786. The molecule has 0 aliphatic carbocycles. The first-order chi connectivity index (χ1) is 11.6. The van der Waals surface area contributed by atoms with Gasteiger partial charge in [0.1, 0.15) is 11.5 Å². The van der Waals surface area contributed by atoms with Gasteiger partial charge < -0.3 is 24.4 Å². The predicted octanol–water partition coefficient (Wildman–Crippen LogP) is 2.51. The molecule has 0 unspecified atom stereocenters. The molecule has 1 saturated heterocycles. The van der Waals surface area contributed by atoms with E-state index in [0.717, 1.165) is 0 Å². The number of methoxy groups -OCH3 is 2. The molecule has 24 heavy (non-hydrogen) atoms. The van der Waals surface area contributed by atoms with Gasteiger partial charge in [-0.3, -0.25) is 4.79 Å². The summed E-state index contributed by atoms with van der Waals surface area (Å²) in [6.07, 6.45) is 0.902. The maximum Gasteiger partial charge on any atom is 0.409 e. The molecule has 7 heteroatoms. The molecular formula is C17H24N2O5. The Morgan fingerprint density at radius 3 is 2.50 bits per heavy atom. The number of ether oxygens (including phenoxy) is 3.